The Bertz CT molecular complexity index is 1020. The van der Waals surface area contributed by atoms with E-state index < -0.39 is 21.9 Å². The van der Waals surface area contributed by atoms with E-state index in [1.807, 2.05) is 51.3 Å². The van der Waals surface area contributed by atoms with E-state index in [1.54, 1.807) is 7.05 Å². The molecule has 10 heteroatoms. The molecule has 172 valence electrons. The first-order valence-electron chi connectivity index (χ1n) is 10.2. The molecular weight excluding hydrogens is 421 g/mol. The van der Waals surface area contributed by atoms with Crippen LogP contribution in [0.15, 0.2) is 23.2 Å². The molecule has 0 spiro atoms. The van der Waals surface area contributed by atoms with Crippen LogP contribution in [-0.4, -0.2) is 42.7 Å². The van der Waals surface area contributed by atoms with Crippen LogP contribution in [0.1, 0.15) is 63.3 Å². The molecule has 0 fully saturated rings. The molecule has 0 atom stereocenters. The Kier molecular flexibility index (Phi) is 7.82. The van der Waals surface area contributed by atoms with Crippen LogP contribution in [0.5, 0.6) is 0 Å². The van der Waals surface area contributed by atoms with E-state index >= 15 is 0 Å². The molecular formula is C21H32FN5O3S. The van der Waals surface area contributed by atoms with Gasteiger partial charge in [-0.05, 0) is 48.7 Å². The zero-order chi connectivity index (χ0) is 23.5. The molecule has 0 unspecified atom stereocenters. The Hall–Kier alpha value is -2.46. The van der Waals surface area contributed by atoms with E-state index in [-0.39, 0.29) is 16.9 Å². The van der Waals surface area contributed by atoms with Crippen molar-refractivity contribution >= 4 is 21.7 Å². The first kappa shape index (κ1) is 24.8. The van der Waals surface area contributed by atoms with E-state index in [0.717, 1.165) is 6.54 Å². The number of urea groups is 1. The first-order valence-corrected chi connectivity index (χ1v) is 11.7. The van der Waals surface area contributed by atoms with Crippen molar-refractivity contribution in [3.05, 3.63) is 40.8 Å². The average molecular weight is 454 g/mol. The van der Waals surface area contributed by atoms with Crippen LogP contribution in [0, 0.1) is 5.82 Å². The minimum Gasteiger partial charge on any atom is -0.307 e. The van der Waals surface area contributed by atoms with Crippen LogP contribution in [0.3, 0.4) is 0 Å². The van der Waals surface area contributed by atoms with Gasteiger partial charge in [-0.2, -0.15) is 13.5 Å². The maximum absolute atomic E-state index is 14.1. The number of rotatable bonds is 8. The van der Waals surface area contributed by atoms with Crippen LogP contribution in [-0.2, 0) is 23.6 Å². The lowest BCUT2D eigenvalue weighted by atomic mass is 9.92. The number of carbonyl (C=O) groups excluding carboxylic acids is 1. The van der Waals surface area contributed by atoms with Crippen molar-refractivity contribution in [3.63, 3.8) is 0 Å². The Morgan fingerprint density at radius 1 is 1.16 bits per heavy atom. The van der Waals surface area contributed by atoms with Gasteiger partial charge >= 0.3 is 6.03 Å². The monoisotopic (exact) mass is 453 g/mol. The summed E-state index contributed by atoms with van der Waals surface area (Å²) in [5, 5.41) is 6.42. The molecule has 2 aromatic rings. The van der Waals surface area contributed by atoms with Gasteiger partial charge in [0, 0.05) is 25.3 Å². The number of carbonyl (C=O) groups is 1. The van der Waals surface area contributed by atoms with Gasteiger partial charge in [-0.25, -0.2) is 13.9 Å². The molecule has 2 rings (SSSR count). The minimum absolute atomic E-state index is 0.0750. The number of benzene rings is 1. The molecule has 1 aromatic heterocycles. The Morgan fingerprint density at radius 3 is 2.19 bits per heavy atom. The summed E-state index contributed by atoms with van der Waals surface area (Å²) in [6.45, 7) is 10.8. The van der Waals surface area contributed by atoms with Crippen LogP contribution in [0.4, 0.5) is 14.9 Å². The topological polar surface area (TPSA) is 96.3 Å². The molecule has 0 saturated heterocycles. The lowest BCUT2D eigenvalue weighted by Crippen LogP contribution is -2.35. The number of sulfonamides is 1. The van der Waals surface area contributed by atoms with Crippen molar-refractivity contribution in [3.8, 4) is 0 Å². The van der Waals surface area contributed by atoms with Gasteiger partial charge in [0.25, 0.3) is 10.0 Å². The van der Waals surface area contributed by atoms with Gasteiger partial charge in [-0.15, -0.1) is 0 Å². The summed E-state index contributed by atoms with van der Waals surface area (Å²) in [7, 11) is -0.621. The molecule has 0 saturated carbocycles. The Balaban J connectivity index is 2.29. The maximum atomic E-state index is 14.1. The number of anilines is 1. The largest absolute Gasteiger partial charge is 0.333 e. The summed E-state index contributed by atoms with van der Waals surface area (Å²) in [5.74, 6) is -0.549. The van der Waals surface area contributed by atoms with E-state index in [1.165, 1.54) is 22.9 Å². The fraction of sp³-hybridized carbons (Fsp3) is 0.524. The number of nitrogens with zero attached hydrogens (tertiary/aromatic N) is 3. The average Bonchev–Trinajstić information content (AvgIpc) is 3.03. The second-order valence-electron chi connectivity index (χ2n) is 8.26. The smallest absolute Gasteiger partial charge is 0.307 e. The van der Waals surface area contributed by atoms with Gasteiger partial charge in [0.2, 0.25) is 0 Å². The Morgan fingerprint density at radius 2 is 1.71 bits per heavy atom. The van der Waals surface area contributed by atoms with Gasteiger partial charge in [0.15, 0.2) is 5.03 Å². The van der Waals surface area contributed by atoms with E-state index in [4.69, 9.17) is 0 Å². The second kappa shape index (κ2) is 9.78. The normalized spacial score (nSPS) is 12.1. The zero-order valence-corrected chi connectivity index (χ0v) is 20.0. The lowest BCUT2D eigenvalue weighted by molar-refractivity contribution is 0.256. The highest BCUT2D eigenvalue weighted by Crippen LogP contribution is 2.33. The van der Waals surface area contributed by atoms with E-state index in [9.17, 15) is 17.6 Å². The molecule has 2 N–H and O–H groups in total. The number of hydrogen-bond donors (Lipinski definition) is 2. The third-order valence-electron chi connectivity index (χ3n) is 5.08. The molecule has 0 aliphatic rings. The quantitative estimate of drug-likeness (QED) is 0.634. The highest BCUT2D eigenvalue weighted by molar-refractivity contribution is 7.90. The van der Waals surface area contributed by atoms with Gasteiger partial charge in [-0.3, -0.25) is 4.68 Å². The molecule has 2 amide bonds. The number of hydrogen-bond acceptors (Lipinski definition) is 5. The molecule has 8 nitrogen and oxygen atoms in total. The highest BCUT2D eigenvalue weighted by atomic mass is 32.2. The van der Waals surface area contributed by atoms with Crippen LogP contribution >= 0.6 is 0 Å². The number of halogens is 1. The van der Waals surface area contributed by atoms with Crippen LogP contribution in [0.2, 0.25) is 0 Å². The molecule has 0 aliphatic heterocycles. The summed E-state index contributed by atoms with van der Waals surface area (Å²) < 4.78 is 43.0. The molecule has 0 bridgehead atoms. The predicted octanol–water partition coefficient (Wildman–Crippen LogP) is 3.77. The fourth-order valence-electron chi connectivity index (χ4n) is 3.16. The third kappa shape index (κ3) is 6.04. The molecule has 1 aromatic carbocycles. The first-order chi connectivity index (χ1) is 14.4. The van der Waals surface area contributed by atoms with Crippen molar-refractivity contribution in [2.24, 2.45) is 7.05 Å². The summed E-state index contributed by atoms with van der Waals surface area (Å²) in [4.78, 5) is 14.6. The number of aromatic nitrogens is 2. The van der Waals surface area contributed by atoms with E-state index in [0.29, 0.717) is 29.1 Å². The standard InChI is InChI=1S/C21H32FN5O3S/c1-8-26(6)12-16-11-19(24-27(16)7)31(29,30)25-21(28)23-20-17(13(2)3)9-15(22)10-18(20)14(4)5/h9-11,13-14H,8,12H2,1-7H3,(H2,23,25,28). The van der Waals surface area contributed by atoms with Gasteiger partial charge < -0.3 is 10.2 Å². The van der Waals surface area contributed by atoms with Crippen LogP contribution < -0.4 is 10.0 Å². The Labute approximate surface area is 183 Å². The molecule has 0 aliphatic carbocycles. The maximum Gasteiger partial charge on any atom is 0.333 e. The molecule has 0 radical (unpaired) electrons. The summed E-state index contributed by atoms with van der Waals surface area (Å²) in [5.41, 5.74) is 2.32. The van der Waals surface area contributed by atoms with Crippen molar-refractivity contribution in [1.82, 2.24) is 19.4 Å². The second-order valence-corrected chi connectivity index (χ2v) is 9.89. The van der Waals surface area contributed by atoms with Crippen molar-refractivity contribution in [1.29, 1.82) is 0 Å². The number of aryl methyl sites for hydroxylation is 1. The van der Waals surface area contributed by atoms with Crippen molar-refractivity contribution < 1.29 is 17.6 Å². The molecule has 31 heavy (non-hydrogen) atoms. The van der Waals surface area contributed by atoms with E-state index in [2.05, 4.69) is 10.4 Å². The minimum atomic E-state index is -4.18. The van der Waals surface area contributed by atoms with Crippen molar-refractivity contribution in [2.45, 2.75) is 58.0 Å². The number of nitrogens with one attached hydrogen (secondary N) is 2. The van der Waals surface area contributed by atoms with Crippen molar-refractivity contribution in [2.75, 3.05) is 18.9 Å². The number of amides is 2. The van der Waals surface area contributed by atoms with Crippen LogP contribution in [0.25, 0.3) is 0 Å². The lowest BCUT2D eigenvalue weighted by Gasteiger charge is -2.20. The summed E-state index contributed by atoms with van der Waals surface area (Å²) >= 11 is 0. The third-order valence-corrected chi connectivity index (χ3v) is 6.28. The summed E-state index contributed by atoms with van der Waals surface area (Å²) in [6, 6.07) is 3.23. The zero-order valence-electron chi connectivity index (χ0n) is 19.2. The highest BCUT2D eigenvalue weighted by Gasteiger charge is 2.24. The fourth-order valence-corrected chi connectivity index (χ4v) is 4.08. The van der Waals surface area contributed by atoms with Gasteiger partial charge in [0.1, 0.15) is 5.82 Å². The molecule has 1 heterocycles. The van der Waals surface area contributed by atoms with Gasteiger partial charge in [0.05, 0.1) is 5.69 Å². The summed E-state index contributed by atoms with van der Waals surface area (Å²) in [6.07, 6.45) is 0. The van der Waals surface area contributed by atoms with Gasteiger partial charge in [-0.1, -0.05) is 34.6 Å². The SMILES string of the molecule is CCN(C)Cc1cc(S(=O)(=O)NC(=O)Nc2c(C(C)C)cc(F)cc2C(C)C)nn1C. The predicted molar refractivity (Wildman–Crippen MR) is 119 cm³/mol.